The Kier molecular flexibility index (Phi) is 2.69. The number of hydrogen-bond donors (Lipinski definition) is 3. The third-order valence-corrected chi connectivity index (χ3v) is 4.38. The summed E-state index contributed by atoms with van der Waals surface area (Å²) in [6.07, 6.45) is 2.55. The molecular weight excluding hydrogens is 222 g/mol. The van der Waals surface area contributed by atoms with Crippen molar-refractivity contribution in [1.29, 1.82) is 0 Å². The Morgan fingerprint density at radius 2 is 1.88 bits per heavy atom. The van der Waals surface area contributed by atoms with Gasteiger partial charge in [0.2, 0.25) is 5.91 Å². The van der Waals surface area contributed by atoms with E-state index in [0.717, 1.165) is 19.3 Å². The third kappa shape index (κ3) is 1.82. The van der Waals surface area contributed by atoms with Crippen LogP contribution >= 0.6 is 0 Å². The summed E-state index contributed by atoms with van der Waals surface area (Å²) in [5.41, 5.74) is -0.963. The molecule has 0 aromatic heterocycles. The summed E-state index contributed by atoms with van der Waals surface area (Å²) >= 11 is 0. The normalized spacial score (nSPS) is 32.4. The predicted molar refractivity (Wildman–Crippen MR) is 60.2 cm³/mol. The molecular formula is C12H19NO4. The molecule has 0 aliphatic heterocycles. The summed E-state index contributed by atoms with van der Waals surface area (Å²) in [5.74, 6) is -2.21. The van der Waals surface area contributed by atoms with Crippen LogP contribution in [0.5, 0.6) is 0 Å². The van der Waals surface area contributed by atoms with E-state index in [-0.39, 0.29) is 12.5 Å². The second kappa shape index (κ2) is 3.70. The van der Waals surface area contributed by atoms with Crippen molar-refractivity contribution in [2.24, 2.45) is 17.3 Å². The lowest BCUT2D eigenvalue weighted by Crippen LogP contribution is -2.56. The Morgan fingerprint density at radius 3 is 2.18 bits per heavy atom. The lowest BCUT2D eigenvalue weighted by molar-refractivity contribution is -0.141. The van der Waals surface area contributed by atoms with E-state index in [1.165, 1.54) is 0 Å². The highest BCUT2D eigenvalue weighted by Gasteiger charge is 2.66. The first-order valence-corrected chi connectivity index (χ1v) is 6.00. The Morgan fingerprint density at radius 1 is 1.29 bits per heavy atom. The average molecular weight is 241 g/mol. The lowest BCUT2D eigenvalue weighted by Gasteiger charge is -2.41. The van der Waals surface area contributed by atoms with Gasteiger partial charge in [-0.3, -0.25) is 9.59 Å². The van der Waals surface area contributed by atoms with Crippen LogP contribution in [0.2, 0.25) is 0 Å². The molecule has 2 rings (SSSR count). The molecule has 1 amide bonds. The highest BCUT2D eigenvalue weighted by molar-refractivity contribution is 5.92. The summed E-state index contributed by atoms with van der Waals surface area (Å²) in [6, 6.07) is 0. The molecule has 2 saturated carbocycles. The van der Waals surface area contributed by atoms with Crippen molar-refractivity contribution in [3.63, 3.8) is 0 Å². The van der Waals surface area contributed by atoms with Gasteiger partial charge in [-0.25, -0.2) is 0 Å². The molecule has 0 aromatic rings. The number of carbonyl (C=O) groups excluding carboxylic acids is 1. The van der Waals surface area contributed by atoms with Crippen molar-refractivity contribution in [1.82, 2.24) is 5.32 Å². The van der Waals surface area contributed by atoms with Gasteiger partial charge in [-0.1, -0.05) is 13.8 Å². The largest absolute Gasteiger partial charge is 0.481 e. The van der Waals surface area contributed by atoms with Crippen LogP contribution in [-0.2, 0) is 9.59 Å². The number of carboxylic acid groups (broad SMARTS) is 1. The van der Waals surface area contributed by atoms with Gasteiger partial charge in [0.1, 0.15) is 0 Å². The first-order valence-electron chi connectivity index (χ1n) is 6.00. The van der Waals surface area contributed by atoms with Crippen LogP contribution in [0, 0.1) is 17.3 Å². The van der Waals surface area contributed by atoms with Gasteiger partial charge >= 0.3 is 5.97 Å². The van der Waals surface area contributed by atoms with Gasteiger partial charge in [-0.2, -0.15) is 0 Å². The van der Waals surface area contributed by atoms with Gasteiger partial charge in [0.25, 0.3) is 0 Å². The third-order valence-electron chi connectivity index (χ3n) is 4.38. The van der Waals surface area contributed by atoms with Crippen LogP contribution in [0.25, 0.3) is 0 Å². The number of aliphatic hydroxyl groups excluding tert-OH is 1. The molecule has 96 valence electrons. The maximum absolute atomic E-state index is 12.0. The average Bonchev–Trinajstić information content (AvgIpc) is 2.75. The molecule has 0 saturated heterocycles. The van der Waals surface area contributed by atoms with Crippen LogP contribution in [0.15, 0.2) is 0 Å². The van der Waals surface area contributed by atoms with Gasteiger partial charge in [0, 0.05) is 0 Å². The van der Waals surface area contributed by atoms with Crippen LogP contribution in [0.1, 0.15) is 33.1 Å². The van der Waals surface area contributed by atoms with E-state index in [1.807, 2.05) is 0 Å². The van der Waals surface area contributed by atoms with Crippen LogP contribution in [-0.4, -0.2) is 34.2 Å². The van der Waals surface area contributed by atoms with Crippen molar-refractivity contribution < 1.29 is 19.8 Å². The predicted octanol–water partition coefficient (Wildman–Crippen LogP) is 0.374. The molecule has 3 N–H and O–H groups in total. The number of amides is 1. The fraction of sp³-hybridized carbons (Fsp3) is 0.833. The number of aliphatic hydroxyl groups is 1. The van der Waals surface area contributed by atoms with Gasteiger partial charge in [0.05, 0.1) is 24.0 Å². The minimum Gasteiger partial charge on any atom is -0.481 e. The van der Waals surface area contributed by atoms with Crippen molar-refractivity contribution in [2.75, 3.05) is 6.61 Å². The SMILES string of the molecule is CC1(C)[C@H](C(=O)O)[C@@H]1C(=O)NC1(CO)CCC1. The van der Waals surface area contributed by atoms with Gasteiger partial charge in [-0.15, -0.1) is 0 Å². The first-order chi connectivity index (χ1) is 7.84. The van der Waals surface area contributed by atoms with E-state index in [1.54, 1.807) is 13.8 Å². The van der Waals surface area contributed by atoms with Gasteiger partial charge < -0.3 is 15.5 Å². The van der Waals surface area contributed by atoms with E-state index >= 15 is 0 Å². The second-order valence-corrected chi connectivity index (χ2v) is 5.90. The zero-order chi connectivity index (χ0) is 12.8. The topological polar surface area (TPSA) is 86.6 Å². The fourth-order valence-corrected chi connectivity index (χ4v) is 2.85. The number of nitrogens with one attached hydrogen (secondary N) is 1. The molecule has 17 heavy (non-hydrogen) atoms. The molecule has 0 unspecified atom stereocenters. The van der Waals surface area contributed by atoms with E-state index in [0.29, 0.717) is 0 Å². The first kappa shape index (κ1) is 12.4. The molecule has 2 atom stereocenters. The lowest BCUT2D eigenvalue weighted by atomic mass is 9.77. The number of hydrogen-bond acceptors (Lipinski definition) is 3. The Labute approximate surface area is 100 Å². The van der Waals surface area contributed by atoms with Gasteiger partial charge in [-0.05, 0) is 24.7 Å². The summed E-state index contributed by atoms with van der Waals surface area (Å²) in [4.78, 5) is 23.0. The maximum Gasteiger partial charge on any atom is 0.307 e. The van der Waals surface area contributed by atoms with E-state index in [4.69, 9.17) is 5.11 Å². The molecule has 5 heteroatoms. The van der Waals surface area contributed by atoms with Crippen LogP contribution in [0.3, 0.4) is 0 Å². The summed E-state index contributed by atoms with van der Waals surface area (Å²) < 4.78 is 0. The summed E-state index contributed by atoms with van der Waals surface area (Å²) in [5, 5.41) is 21.1. The fourth-order valence-electron chi connectivity index (χ4n) is 2.85. The number of carboxylic acids is 1. The number of rotatable bonds is 4. The molecule has 0 heterocycles. The van der Waals surface area contributed by atoms with E-state index in [9.17, 15) is 14.7 Å². The molecule has 2 aliphatic carbocycles. The number of carbonyl (C=O) groups is 2. The standard InChI is InChI=1S/C12H19NO4/c1-11(2)7(8(11)10(16)17)9(15)13-12(6-14)4-3-5-12/h7-8,14H,3-6H2,1-2H3,(H,13,15)(H,16,17)/t7-,8+/m1/s1. The molecule has 0 bridgehead atoms. The van der Waals surface area contributed by atoms with Crippen LogP contribution in [0.4, 0.5) is 0 Å². The Balaban J connectivity index is 2.00. The zero-order valence-electron chi connectivity index (χ0n) is 10.2. The van der Waals surface area contributed by atoms with Gasteiger partial charge in [0.15, 0.2) is 0 Å². The highest BCUT2D eigenvalue weighted by Crippen LogP contribution is 2.58. The smallest absolute Gasteiger partial charge is 0.307 e. The minimum absolute atomic E-state index is 0.0658. The Hall–Kier alpha value is -1.10. The van der Waals surface area contributed by atoms with Crippen molar-refractivity contribution in [3.05, 3.63) is 0 Å². The van der Waals surface area contributed by atoms with Crippen molar-refractivity contribution in [2.45, 2.75) is 38.6 Å². The molecule has 2 aliphatic rings. The summed E-state index contributed by atoms with van der Waals surface area (Å²) in [7, 11) is 0. The molecule has 0 aromatic carbocycles. The monoisotopic (exact) mass is 241 g/mol. The molecule has 0 spiro atoms. The molecule has 5 nitrogen and oxygen atoms in total. The van der Waals surface area contributed by atoms with E-state index in [2.05, 4.69) is 5.32 Å². The zero-order valence-corrected chi connectivity index (χ0v) is 10.2. The summed E-state index contributed by atoms with van der Waals surface area (Å²) in [6.45, 7) is 3.52. The number of aliphatic carboxylic acids is 1. The maximum atomic E-state index is 12.0. The minimum atomic E-state index is -0.915. The van der Waals surface area contributed by atoms with E-state index < -0.39 is 28.8 Å². The quantitative estimate of drug-likeness (QED) is 0.664. The molecule has 2 fully saturated rings. The second-order valence-electron chi connectivity index (χ2n) is 5.90. The van der Waals surface area contributed by atoms with Crippen molar-refractivity contribution >= 4 is 11.9 Å². The van der Waals surface area contributed by atoms with Crippen molar-refractivity contribution in [3.8, 4) is 0 Å². The Bertz CT molecular complexity index is 354. The molecule has 0 radical (unpaired) electrons. The highest BCUT2D eigenvalue weighted by atomic mass is 16.4. The van der Waals surface area contributed by atoms with Crippen LogP contribution < -0.4 is 5.32 Å².